The number of rotatable bonds is 5. The van der Waals surface area contributed by atoms with Crippen molar-refractivity contribution >= 4 is 23.0 Å². The molecule has 0 amide bonds. The van der Waals surface area contributed by atoms with Crippen LogP contribution in [0, 0.1) is 0 Å². The van der Waals surface area contributed by atoms with Crippen molar-refractivity contribution in [2.75, 3.05) is 18.5 Å². The van der Waals surface area contributed by atoms with Gasteiger partial charge in [-0.3, -0.25) is 0 Å². The van der Waals surface area contributed by atoms with Crippen molar-refractivity contribution in [2.24, 2.45) is 0 Å². The van der Waals surface area contributed by atoms with Crippen molar-refractivity contribution in [1.29, 1.82) is 0 Å². The summed E-state index contributed by atoms with van der Waals surface area (Å²) < 4.78 is 5.24. The van der Waals surface area contributed by atoms with Gasteiger partial charge in [-0.05, 0) is 31.6 Å². The summed E-state index contributed by atoms with van der Waals surface area (Å²) >= 11 is 5.10. The maximum absolute atomic E-state index is 5.24. The van der Waals surface area contributed by atoms with Gasteiger partial charge in [-0.25, -0.2) is 4.98 Å². The number of hydrogen-bond donors (Lipinski definition) is 2. The summed E-state index contributed by atoms with van der Waals surface area (Å²) in [7, 11) is 0. The molecule has 2 N–H and O–H groups in total. The summed E-state index contributed by atoms with van der Waals surface area (Å²) in [6.07, 6.45) is 2.74. The Morgan fingerprint density at radius 1 is 1.44 bits per heavy atom. The Morgan fingerprint density at radius 3 is 2.81 bits per heavy atom. The molecule has 0 fully saturated rings. The number of nitrogens with zero attached hydrogens (tertiary/aromatic N) is 1. The van der Waals surface area contributed by atoms with E-state index in [1.807, 2.05) is 19.1 Å². The number of thiocarbonyl (C=S) groups is 1. The number of pyridine rings is 1. The second-order valence-electron chi connectivity index (χ2n) is 3.20. The Kier molecular flexibility index (Phi) is 5.56. The normalized spacial score (nSPS) is 9.62. The van der Waals surface area contributed by atoms with Crippen LogP contribution in [0.15, 0.2) is 18.3 Å². The zero-order valence-corrected chi connectivity index (χ0v) is 10.4. The van der Waals surface area contributed by atoms with Crippen molar-refractivity contribution < 1.29 is 4.74 Å². The van der Waals surface area contributed by atoms with Gasteiger partial charge < -0.3 is 15.4 Å². The molecule has 1 aromatic rings. The van der Waals surface area contributed by atoms with Gasteiger partial charge in [-0.2, -0.15) is 0 Å². The molecule has 1 aromatic heterocycles. The SMILES string of the molecule is CCCNC(=S)Nc1ccc(OCC)nc1. The minimum absolute atomic E-state index is 0.618. The van der Waals surface area contributed by atoms with Gasteiger partial charge >= 0.3 is 0 Å². The largest absolute Gasteiger partial charge is 0.478 e. The molecular weight excluding hydrogens is 222 g/mol. The van der Waals surface area contributed by atoms with Crippen molar-refractivity contribution in [3.8, 4) is 5.88 Å². The highest BCUT2D eigenvalue weighted by molar-refractivity contribution is 7.80. The number of nitrogens with one attached hydrogen (secondary N) is 2. The fraction of sp³-hybridized carbons (Fsp3) is 0.455. The molecule has 4 nitrogen and oxygen atoms in total. The first-order valence-electron chi connectivity index (χ1n) is 5.40. The molecule has 88 valence electrons. The Bertz CT molecular complexity index is 327. The molecule has 0 radical (unpaired) electrons. The number of aromatic nitrogens is 1. The van der Waals surface area contributed by atoms with Gasteiger partial charge in [0.25, 0.3) is 0 Å². The monoisotopic (exact) mass is 239 g/mol. The molecule has 0 unspecified atom stereocenters. The van der Waals surface area contributed by atoms with E-state index in [4.69, 9.17) is 17.0 Å². The van der Waals surface area contributed by atoms with Gasteiger partial charge in [0.2, 0.25) is 5.88 Å². The summed E-state index contributed by atoms with van der Waals surface area (Å²) in [4.78, 5) is 4.13. The first-order chi connectivity index (χ1) is 7.76. The first kappa shape index (κ1) is 12.7. The topological polar surface area (TPSA) is 46.2 Å². The molecule has 0 aliphatic carbocycles. The zero-order valence-electron chi connectivity index (χ0n) is 9.62. The van der Waals surface area contributed by atoms with E-state index in [1.165, 1.54) is 0 Å². The van der Waals surface area contributed by atoms with Crippen LogP contribution in [0.5, 0.6) is 5.88 Å². The second-order valence-corrected chi connectivity index (χ2v) is 3.61. The van der Waals surface area contributed by atoms with Crippen LogP contribution in [-0.4, -0.2) is 23.2 Å². The Morgan fingerprint density at radius 2 is 2.25 bits per heavy atom. The lowest BCUT2D eigenvalue weighted by molar-refractivity contribution is 0.327. The fourth-order valence-electron chi connectivity index (χ4n) is 1.10. The smallest absolute Gasteiger partial charge is 0.213 e. The Balaban J connectivity index is 2.45. The van der Waals surface area contributed by atoms with E-state index < -0.39 is 0 Å². The van der Waals surface area contributed by atoms with Crippen LogP contribution in [0.25, 0.3) is 0 Å². The highest BCUT2D eigenvalue weighted by atomic mass is 32.1. The Hall–Kier alpha value is -1.36. The highest BCUT2D eigenvalue weighted by Gasteiger charge is 1.98. The third kappa shape index (κ3) is 4.44. The maximum atomic E-state index is 5.24. The molecule has 16 heavy (non-hydrogen) atoms. The van der Waals surface area contributed by atoms with E-state index in [1.54, 1.807) is 6.20 Å². The molecule has 1 rings (SSSR count). The molecule has 0 aliphatic rings. The van der Waals surface area contributed by atoms with Gasteiger partial charge in [0.15, 0.2) is 5.11 Å². The molecule has 0 atom stereocenters. The molecule has 0 bridgehead atoms. The predicted molar refractivity (Wildman–Crippen MR) is 69.9 cm³/mol. The molecule has 0 spiro atoms. The number of anilines is 1. The summed E-state index contributed by atoms with van der Waals surface area (Å²) in [5.74, 6) is 0.625. The van der Waals surface area contributed by atoms with Gasteiger partial charge in [0.1, 0.15) is 0 Å². The molecule has 0 saturated heterocycles. The van der Waals surface area contributed by atoms with Crippen LogP contribution < -0.4 is 15.4 Å². The third-order valence-electron chi connectivity index (χ3n) is 1.82. The third-order valence-corrected chi connectivity index (χ3v) is 2.07. The summed E-state index contributed by atoms with van der Waals surface area (Å²) in [5, 5.41) is 6.75. The van der Waals surface area contributed by atoms with Crippen molar-refractivity contribution in [1.82, 2.24) is 10.3 Å². The van der Waals surface area contributed by atoms with Crippen LogP contribution in [0.4, 0.5) is 5.69 Å². The van der Waals surface area contributed by atoms with E-state index in [0.29, 0.717) is 17.6 Å². The van der Waals surface area contributed by atoms with Crippen molar-refractivity contribution in [3.63, 3.8) is 0 Å². The molecule has 0 aromatic carbocycles. The van der Waals surface area contributed by atoms with Crippen molar-refractivity contribution in [3.05, 3.63) is 18.3 Å². The van der Waals surface area contributed by atoms with Gasteiger partial charge in [0, 0.05) is 12.6 Å². The summed E-state index contributed by atoms with van der Waals surface area (Å²) in [5.41, 5.74) is 0.858. The number of hydrogen-bond acceptors (Lipinski definition) is 3. The molecular formula is C11H17N3OS. The lowest BCUT2D eigenvalue weighted by atomic mass is 10.4. The van der Waals surface area contributed by atoms with E-state index in [0.717, 1.165) is 18.7 Å². The second kappa shape index (κ2) is 7.00. The van der Waals surface area contributed by atoms with E-state index in [9.17, 15) is 0 Å². The van der Waals surface area contributed by atoms with E-state index in [2.05, 4.69) is 22.5 Å². The standard InChI is InChI=1S/C11H17N3OS/c1-3-7-12-11(16)14-9-5-6-10(13-8-9)15-4-2/h5-6,8H,3-4,7H2,1-2H3,(H2,12,14,16). The molecule has 5 heteroatoms. The quantitative estimate of drug-likeness (QED) is 0.771. The maximum Gasteiger partial charge on any atom is 0.213 e. The minimum Gasteiger partial charge on any atom is -0.478 e. The van der Waals surface area contributed by atoms with Gasteiger partial charge in [-0.15, -0.1) is 0 Å². The van der Waals surface area contributed by atoms with E-state index >= 15 is 0 Å². The van der Waals surface area contributed by atoms with Crippen LogP contribution in [-0.2, 0) is 0 Å². The van der Waals surface area contributed by atoms with Gasteiger partial charge in [0.05, 0.1) is 18.5 Å². The van der Waals surface area contributed by atoms with Crippen LogP contribution in [0.2, 0.25) is 0 Å². The van der Waals surface area contributed by atoms with E-state index in [-0.39, 0.29) is 0 Å². The lowest BCUT2D eigenvalue weighted by Crippen LogP contribution is -2.28. The predicted octanol–water partition coefficient (Wildman–Crippen LogP) is 2.18. The van der Waals surface area contributed by atoms with Crippen LogP contribution >= 0.6 is 12.2 Å². The van der Waals surface area contributed by atoms with Crippen LogP contribution in [0.3, 0.4) is 0 Å². The first-order valence-corrected chi connectivity index (χ1v) is 5.80. The fourth-order valence-corrected chi connectivity index (χ4v) is 1.32. The van der Waals surface area contributed by atoms with Gasteiger partial charge in [-0.1, -0.05) is 6.92 Å². The molecule has 1 heterocycles. The average molecular weight is 239 g/mol. The zero-order chi connectivity index (χ0) is 11.8. The van der Waals surface area contributed by atoms with Crippen molar-refractivity contribution in [2.45, 2.75) is 20.3 Å². The summed E-state index contributed by atoms with van der Waals surface area (Å²) in [6.45, 7) is 5.51. The highest BCUT2D eigenvalue weighted by Crippen LogP contribution is 2.11. The number of ether oxygens (including phenoxy) is 1. The average Bonchev–Trinajstić information content (AvgIpc) is 2.29. The molecule has 0 aliphatic heterocycles. The lowest BCUT2D eigenvalue weighted by Gasteiger charge is -2.09. The molecule has 0 saturated carbocycles. The van der Waals surface area contributed by atoms with Crippen LogP contribution in [0.1, 0.15) is 20.3 Å². The Labute approximate surface area is 101 Å². The minimum atomic E-state index is 0.618. The summed E-state index contributed by atoms with van der Waals surface area (Å²) in [6, 6.07) is 3.70.